The highest BCUT2D eigenvalue weighted by Crippen LogP contribution is 2.49. The van der Waals surface area contributed by atoms with Gasteiger partial charge < -0.3 is 25.8 Å². The van der Waals surface area contributed by atoms with Crippen molar-refractivity contribution in [3.8, 4) is 5.88 Å². The van der Waals surface area contributed by atoms with E-state index in [4.69, 9.17) is 16.3 Å². The minimum atomic E-state index is -2.77. The van der Waals surface area contributed by atoms with Gasteiger partial charge in [-0.25, -0.2) is 14.1 Å². The number of carbonyl (C=O) groups is 2. The van der Waals surface area contributed by atoms with Gasteiger partial charge in [0.05, 0.1) is 12.9 Å². The summed E-state index contributed by atoms with van der Waals surface area (Å²) in [6.07, 6.45) is 6.36. The van der Waals surface area contributed by atoms with Gasteiger partial charge in [-0.3, -0.25) is 13.9 Å². The van der Waals surface area contributed by atoms with E-state index >= 15 is 0 Å². The van der Waals surface area contributed by atoms with Crippen molar-refractivity contribution in [2.45, 2.75) is 75.0 Å². The quantitative estimate of drug-likeness (QED) is 0.218. The molecule has 1 aliphatic carbocycles. The lowest BCUT2D eigenvalue weighted by Crippen LogP contribution is -2.56. The Hall–Kier alpha value is -2.61. The van der Waals surface area contributed by atoms with Crippen LogP contribution in [0.5, 0.6) is 5.88 Å². The van der Waals surface area contributed by atoms with Gasteiger partial charge in [0, 0.05) is 54.4 Å². The van der Waals surface area contributed by atoms with Crippen LogP contribution in [0.3, 0.4) is 0 Å². The van der Waals surface area contributed by atoms with Crippen molar-refractivity contribution in [2.75, 3.05) is 26.0 Å². The number of halogens is 1. The van der Waals surface area contributed by atoms with Gasteiger partial charge >= 0.3 is 6.09 Å². The van der Waals surface area contributed by atoms with E-state index in [1.807, 2.05) is 4.31 Å². The molecule has 3 aliphatic rings. The van der Waals surface area contributed by atoms with Gasteiger partial charge in [0.2, 0.25) is 11.8 Å². The summed E-state index contributed by atoms with van der Waals surface area (Å²) < 4.78 is 28.8. The topological polar surface area (TPSA) is 156 Å². The van der Waals surface area contributed by atoms with Crippen LogP contribution < -0.4 is 20.7 Å². The molecule has 2 amide bonds. The first kappa shape index (κ1) is 31.8. The van der Waals surface area contributed by atoms with Crippen molar-refractivity contribution < 1.29 is 28.5 Å². The van der Waals surface area contributed by atoms with E-state index in [0.29, 0.717) is 40.9 Å². The average molecular weight is 636 g/mol. The number of methoxy groups -OCH3 is 1. The molecule has 236 valence electrons. The summed E-state index contributed by atoms with van der Waals surface area (Å²) in [6.45, 7) is 1.36. The molecule has 13 heteroatoms. The molecule has 3 heterocycles. The Morgan fingerprint density at radius 3 is 2.58 bits per heavy atom. The number of amides is 2. The Morgan fingerprint density at radius 2 is 1.88 bits per heavy atom. The lowest BCUT2D eigenvalue weighted by Gasteiger charge is -2.49. The van der Waals surface area contributed by atoms with Crippen LogP contribution in [0, 0.1) is 5.92 Å². The standard InChI is InChI=1S/C30H42ClN5O6S/c1-42-26-14-10-21(16-33-26)27(20-7-11-22(31)12-8-20)28(35-30(38)39)29(37)34-25-6-2-4-19(25)9-13-24-17-32-23-5-3-15-43(40,41)36(24)18-23/h7-8,10-12,14,16,19,23-25,27-28,32,35,40-41H,2-6,9,13,15,17-18H2,1H3,(H,34,37)(H,38,39)/t19-,23?,24?,25+,27+,28+/m1/s1. The molecule has 1 saturated carbocycles. The minimum absolute atomic E-state index is 0.0228. The zero-order valence-corrected chi connectivity index (χ0v) is 25.9. The first-order valence-corrected chi connectivity index (χ1v) is 17.0. The van der Waals surface area contributed by atoms with Crippen LogP contribution in [0.1, 0.15) is 62.0 Å². The Morgan fingerprint density at radius 1 is 1.12 bits per heavy atom. The van der Waals surface area contributed by atoms with Gasteiger partial charge in [-0.1, -0.05) is 36.2 Å². The number of pyridine rings is 1. The second-order valence-corrected chi connectivity index (χ2v) is 14.4. The van der Waals surface area contributed by atoms with Gasteiger partial charge in [0.15, 0.2) is 0 Å². The third-order valence-corrected chi connectivity index (χ3v) is 11.4. The molecule has 0 radical (unpaired) electrons. The van der Waals surface area contributed by atoms with Crippen LogP contribution in [-0.4, -0.2) is 85.6 Å². The molecule has 3 fully saturated rings. The fraction of sp³-hybridized carbons (Fsp3) is 0.567. The first-order chi connectivity index (χ1) is 20.6. The molecule has 0 spiro atoms. The molecule has 6 N–H and O–H groups in total. The van der Waals surface area contributed by atoms with Crippen molar-refractivity contribution in [1.82, 2.24) is 25.2 Å². The highest BCUT2D eigenvalue weighted by atomic mass is 35.5. The second kappa shape index (κ2) is 14.0. The molecule has 1 aromatic carbocycles. The Bertz CT molecular complexity index is 1250. The van der Waals surface area contributed by atoms with E-state index in [9.17, 15) is 23.8 Å². The number of hydrogen-bond acceptors (Lipinski definition) is 8. The fourth-order valence-corrected chi connectivity index (χ4v) is 8.89. The Kier molecular flexibility index (Phi) is 10.4. The number of nitrogens with zero attached hydrogens (tertiary/aromatic N) is 2. The molecular weight excluding hydrogens is 594 g/mol. The van der Waals surface area contributed by atoms with Crippen molar-refractivity contribution in [2.24, 2.45) is 5.92 Å². The lowest BCUT2D eigenvalue weighted by molar-refractivity contribution is -0.124. The number of piperazine rings is 1. The fourth-order valence-electron chi connectivity index (χ4n) is 6.90. The number of carboxylic acid groups (broad SMARTS) is 1. The van der Waals surface area contributed by atoms with Gasteiger partial charge in [-0.05, 0) is 67.7 Å². The predicted molar refractivity (Wildman–Crippen MR) is 167 cm³/mol. The Balaban J connectivity index is 1.32. The molecule has 43 heavy (non-hydrogen) atoms. The molecule has 11 nitrogen and oxygen atoms in total. The first-order valence-electron chi connectivity index (χ1n) is 15.0. The maximum absolute atomic E-state index is 13.9. The van der Waals surface area contributed by atoms with Crippen LogP contribution in [-0.2, 0) is 4.79 Å². The molecule has 2 bridgehead atoms. The van der Waals surface area contributed by atoms with E-state index in [1.54, 1.807) is 42.6 Å². The van der Waals surface area contributed by atoms with Crippen LogP contribution in [0.4, 0.5) is 4.79 Å². The van der Waals surface area contributed by atoms with Crippen LogP contribution in [0.15, 0.2) is 42.6 Å². The van der Waals surface area contributed by atoms with Crippen LogP contribution in [0.2, 0.25) is 5.02 Å². The number of aromatic nitrogens is 1. The molecule has 2 aliphatic heterocycles. The summed E-state index contributed by atoms with van der Waals surface area (Å²) in [5.41, 5.74) is 1.37. The smallest absolute Gasteiger partial charge is 0.405 e. The maximum Gasteiger partial charge on any atom is 0.405 e. The number of hydrogen-bond donors (Lipinski definition) is 6. The summed E-state index contributed by atoms with van der Waals surface area (Å²) in [7, 11) is -1.26. The number of carbonyl (C=O) groups excluding carboxylic acids is 1. The van der Waals surface area contributed by atoms with E-state index in [2.05, 4.69) is 20.9 Å². The van der Waals surface area contributed by atoms with Crippen molar-refractivity contribution >= 4 is 34.4 Å². The SMILES string of the molecule is COc1ccc([C@H](c2ccc(Cl)cc2)[C@H](NC(=O)O)C(=O)N[C@H]2CCC[C@@H]2CCC2CNC3CCCS(O)(O)N2C3)cn1. The van der Waals surface area contributed by atoms with E-state index in [-0.39, 0.29) is 24.0 Å². The zero-order chi connectivity index (χ0) is 30.6. The largest absolute Gasteiger partial charge is 0.481 e. The molecule has 7 atom stereocenters. The average Bonchev–Trinajstić information content (AvgIpc) is 3.38. The number of nitrogens with one attached hydrogen (secondary N) is 3. The highest BCUT2D eigenvalue weighted by molar-refractivity contribution is 8.22. The summed E-state index contributed by atoms with van der Waals surface area (Å²) >= 11 is 6.14. The monoisotopic (exact) mass is 635 g/mol. The van der Waals surface area contributed by atoms with Gasteiger partial charge in [0.25, 0.3) is 0 Å². The van der Waals surface area contributed by atoms with E-state index < -0.39 is 34.7 Å². The third-order valence-electron chi connectivity index (χ3n) is 9.10. The van der Waals surface area contributed by atoms with Gasteiger partial charge in [-0.15, -0.1) is 10.8 Å². The molecular formula is C30H42ClN5O6S. The van der Waals surface area contributed by atoms with Crippen molar-refractivity contribution in [1.29, 1.82) is 0 Å². The number of fused-ring (bicyclic) bond motifs is 2. The van der Waals surface area contributed by atoms with Crippen molar-refractivity contribution in [3.63, 3.8) is 0 Å². The molecule has 2 aromatic rings. The summed E-state index contributed by atoms with van der Waals surface area (Å²) in [4.78, 5) is 30.2. The molecule has 3 unspecified atom stereocenters. The summed E-state index contributed by atoms with van der Waals surface area (Å²) in [5.74, 6) is -0.0393. The molecule has 2 saturated heterocycles. The lowest BCUT2D eigenvalue weighted by atomic mass is 9.85. The normalized spacial score (nSPS) is 28.6. The number of rotatable bonds is 10. The summed E-state index contributed by atoms with van der Waals surface area (Å²) in [5, 5.41) is 19.6. The van der Waals surface area contributed by atoms with Crippen LogP contribution in [0.25, 0.3) is 0 Å². The minimum Gasteiger partial charge on any atom is -0.481 e. The second-order valence-electron chi connectivity index (χ2n) is 11.8. The Labute approximate surface area is 259 Å². The van der Waals surface area contributed by atoms with Crippen molar-refractivity contribution in [3.05, 3.63) is 58.7 Å². The highest BCUT2D eigenvalue weighted by Gasteiger charge is 2.40. The molecule has 5 rings (SSSR count). The van der Waals surface area contributed by atoms with Gasteiger partial charge in [-0.2, -0.15) is 0 Å². The third kappa shape index (κ3) is 7.73. The maximum atomic E-state index is 13.9. The number of ether oxygens (including phenoxy) is 1. The van der Waals surface area contributed by atoms with E-state index in [0.717, 1.165) is 44.9 Å². The number of benzene rings is 1. The van der Waals surface area contributed by atoms with E-state index in [1.165, 1.54) is 7.11 Å². The van der Waals surface area contributed by atoms with Crippen LogP contribution >= 0.6 is 22.4 Å². The van der Waals surface area contributed by atoms with Gasteiger partial charge in [0.1, 0.15) is 6.04 Å². The zero-order valence-electron chi connectivity index (χ0n) is 24.3. The predicted octanol–water partition coefficient (Wildman–Crippen LogP) is 4.68. The summed E-state index contributed by atoms with van der Waals surface area (Å²) in [6, 6.07) is 9.54. The molecule has 1 aromatic heterocycles.